The van der Waals surface area contributed by atoms with Crippen molar-refractivity contribution in [3.05, 3.63) is 35.4 Å². The van der Waals surface area contributed by atoms with Crippen molar-refractivity contribution in [2.45, 2.75) is 30.5 Å². The lowest BCUT2D eigenvalue weighted by Gasteiger charge is -2.24. The molecule has 1 aliphatic rings. The maximum absolute atomic E-state index is 12.2. The number of carbonyl (C=O) groups is 1. The normalized spacial score (nSPS) is 19.2. The average Bonchev–Trinajstić information content (AvgIpc) is 2.47. The summed E-state index contributed by atoms with van der Waals surface area (Å²) in [6.07, 6.45) is 3.73. The van der Waals surface area contributed by atoms with Crippen molar-refractivity contribution in [3.63, 3.8) is 0 Å². The van der Waals surface area contributed by atoms with Crippen LogP contribution in [0.25, 0.3) is 0 Å². The molecule has 0 saturated carbocycles. The van der Waals surface area contributed by atoms with Crippen molar-refractivity contribution >= 4 is 21.8 Å². The number of halogens is 1. The van der Waals surface area contributed by atoms with Crippen molar-refractivity contribution in [3.8, 4) is 0 Å². The van der Waals surface area contributed by atoms with Gasteiger partial charge in [-0.2, -0.15) is 0 Å². The average molecular weight is 340 g/mol. The van der Waals surface area contributed by atoms with Crippen LogP contribution >= 0.6 is 15.9 Å². The molecular formula is C16H22BrNO2. The number of hydrogen-bond acceptors (Lipinski definition) is 2. The van der Waals surface area contributed by atoms with E-state index in [4.69, 9.17) is 4.74 Å². The Morgan fingerprint density at radius 3 is 2.95 bits per heavy atom. The molecule has 4 heteroatoms. The van der Waals surface area contributed by atoms with E-state index in [0.29, 0.717) is 18.0 Å². The molecule has 0 aromatic heterocycles. The summed E-state index contributed by atoms with van der Waals surface area (Å²) in [5, 5.41) is 3.05. The molecule has 20 heavy (non-hydrogen) atoms. The minimum Gasteiger partial charge on any atom is -0.384 e. The Morgan fingerprint density at radius 2 is 2.20 bits per heavy atom. The van der Waals surface area contributed by atoms with Crippen LogP contribution in [0.2, 0.25) is 0 Å². The van der Waals surface area contributed by atoms with E-state index in [1.807, 2.05) is 0 Å². The molecule has 0 spiro atoms. The molecule has 0 saturated heterocycles. The first-order valence-electron chi connectivity index (χ1n) is 7.18. The fourth-order valence-electron chi connectivity index (χ4n) is 2.68. The first kappa shape index (κ1) is 15.5. The van der Waals surface area contributed by atoms with Crippen molar-refractivity contribution in [2.24, 2.45) is 5.92 Å². The monoisotopic (exact) mass is 339 g/mol. The van der Waals surface area contributed by atoms with Crippen molar-refractivity contribution in [2.75, 3.05) is 20.3 Å². The zero-order chi connectivity index (χ0) is 14.4. The SMILES string of the molecule is COCC(Br)CCNC(=O)C1CCc2ccccc2C1. The molecule has 3 nitrogen and oxygen atoms in total. The molecule has 1 aromatic rings. The highest BCUT2D eigenvalue weighted by atomic mass is 79.9. The molecule has 110 valence electrons. The molecule has 2 rings (SSSR count). The Hall–Kier alpha value is -0.870. The summed E-state index contributed by atoms with van der Waals surface area (Å²) < 4.78 is 5.06. The number of aryl methyl sites for hydroxylation is 1. The molecule has 2 atom stereocenters. The van der Waals surface area contributed by atoms with Crippen LogP contribution in [0.1, 0.15) is 24.0 Å². The van der Waals surface area contributed by atoms with E-state index in [-0.39, 0.29) is 11.8 Å². The third-order valence-electron chi connectivity index (χ3n) is 3.82. The van der Waals surface area contributed by atoms with Gasteiger partial charge in [-0.05, 0) is 36.8 Å². The first-order chi connectivity index (χ1) is 9.70. The van der Waals surface area contributed by atoms with Crippen LogP contribution in [0.4, 0.5) is 0 Å². The highest BCUT2D eigenvalue weighted by molar-refractivity contribution is 9.09. The van der Waals surface area contributed by atoms with Gasteiger partial charge in [0.15, 0.2) is 0 Å². The predicted molar refractivity (Wildman–Crippen MR) is 84.2 cm³/mol. The number of amides is 1. The summed E-state index contributed by atoms with van der Waals surface area (Å²) in [7, 11) is 1.69. The van der Waals surface area contributed by atoms with E-state index < -0.39 is 0 Å². The van der Waals surface area contributed by atoms with Gasteiger partial charge in [-0.15, -0.1) is 0 Å². The van der Waals surface area contributed by atoms with Gasteiger partial charge >= 0.3 is 0 Å². The molecule has 0 bridgehead atoms. The number of ether oxygens (including phenoxy) is 1. The standard InChI is InChI=1S/C16H22BrNO2/c1-20-11-15(17)8-9-18-16(19)14-7-6-12-4-2-3-5-13(12)10-14/h2-5,14-15H,6-11H2,1H3,(H,18,19). The van der Waals surface area contributed by atoms with E-state index in [2.05, 4.69) is 45.5 Å². The molecule has 0 heterocycles. The quantitative estimate of drug-likeness (QED) is 0.809. The van der Waals surface area contributed by atoms with E-state index in [1.54, 1.807) is 7.11 Å². The number of hydrogen-bond donors (Lipinski definition) is 1. The molecule has 1 aliphatic carbocycles. The fraction of sp³-hybridized carbons (Fsp3) is 0.562. The molecule has 0 aliphatic heterocycles. The molecule has 0 radical (unpaired) electrons. The Morgan fingerprint density at radius 1 is 1.45 bits per heavy atom. The lowest BCUT2D eigenvalue weighted by molar-refractivity contribution is -0.125. The Balaban J connectivity index is 1.77. The zero-order valence-corrected chi connectivity index (χ0v) is 13.5. The summed E-state index contributed by atoms with van der Waals surface area (Å²) in [6.45, 7) is 1.38. The number of nitrogens with one attached hydrogen (secondary N) is 1. The highest BCUT2D eigenvalue weighted by Gasteiger charge is 2.24. The molecular weight excluding hydrogens is 318 g/mol. The number of carbonyl (C=O) groups excluding carboxylic acids is 1. The van der Waals surface area contributed by atoms with Crippen molar-refractivity contribution in [1.82, 2.24) is 5.32 Å². The van der Waals surface area contributed by atoms with Crippen LogP contribution in [-0.2, 0) is 22.4 Å². The lowest BCUT2D eigenvalue weighted by atomic mass is 9.83. The molecule has 0 fully saturated rings. The second-order valence-corrected chi connectivity index (χ2v) is 6.64. The Bertz CT molecular complexity index is 450. The van der Waals surface area contributed by atoms with E-state index >= 15 is 0 Å². The fourth-order valence-corrected chi connectivity index (χ4v) is 3.18. The maximum Gasteiger partial charge on any atom is 0.223 e. The minimum absolute atomic E-state index is 0.126. The minimum atomic E-state index is 0.126. The number of fused-ring (bicyclic) bond motifs is 1. The van der Waals surface area contributed by atoms with Crippen molar-refractivity contribution in [1.29, 1.82) is 0 Å². The number of methoxy groups -OCH3 is 1. The summed E-state index contributed by atoms with van der Waals surface area (Å²) in [4.78, 5) is 12.5. The first-order valence-corrected chi connectivity index (χ1v) is 8.09. The summed E-state index contributed by atoms with van der Waals surface area (Å²) in [5.74, 6) is 0.317. The molecule has 1 amide bonds. The molecule has 1 N–H and O–H groups in total. The van der Waals surface area contributed by atoms with Gasteiger partial charge < -0.3 is 10.1 Å². The van der Waals surface area contributed by atoms with Gasteiger partial charge in [0, 0.05) is 24.4 Å². The van der Waals surface area contributed by atoms with Gasteiger partial charge in [-0.25, -0.2) is 0 Å². The van der Waals surface area contributed by atoms with Crippen molar-refractivity contribution < 1.29 is 9.53 Å². The van der Waals surface area contributed by atoms with Gasteiger partial charge in [0.1, 0.15) is 0 Å². The number of benzene rings is 1. The molecule has 1 aromatic carbocycles. The third kappa shape index (κ3) is 4.32. The second-order valence-electron chi connectivity index (χ2n) is 5.34. The van der Waals surface area contributed by atoms with E-state index in [1.165, 1.54) is 11.1 Å². The summed E-state index contributed by atoms with van der Waals surface area (Å²) in [5.41, 5.74) is 2.73. The van der Waals surface area contributed by atoms with Gasteiger partial charge in [-0.3, -0.25) is 4.79 Å². The topological polar surface area (TPSA) is 38.3 Å². The second kappa shape index (κ2) is 7.79. The van der Waals surface area contributed by atoms with Gasteiger partial charge in [0.05, 0.1) is 6.61 Å². The van der Waals surface area contributed by atoms with Crippen LogP contribution in [0.3, 0.4) is 0 Å². The summed E-state index contributed by atoms with van der Waals surface area (Å²) >= 11 is 3.53. The predicted octanol–water partition coefficient (Wildman–Crippen LogP) is 2.71. The number of alkyl halides is 1. The van der Waals surface area contributed by atoms with E-state index in [9.17, 15) is 4.79 Å². The van der Waals surface area contributed by atoms with Crippen LogP contribution in [0, 0.1) is 5.92 Å². The van der Waals surface area contributed by atoms with Gasteiger partial charge in [0.2, 0.25) is 5.91 Å². The van der Waals surface area contributed by atoms with E-state index in [0.717, 1.165) is 25.7 Å². The lowest BCUT2D eigenvalue weighted by Crippen LogP contribution is -2.35. The zero-order valence-electron chi connectivity index (χ0n) is 11.9. The van der Waals surface area contributed by atoms with Crippen LogP contribution in [-0.4, -0.2) is 31.0 Å². The van der Waals surface area contributed by atoms with Crippen LogP contribution in [0.5, 0.6) is 0 Å². The summed E-state index contributed by atoms with van der Waals surface area (Å²) in [6, 6.07) is 8.44. The Labute approximate surface area is 129 Å². The Kier molecular flexibility index (Phi) is 6.05. The van der Waals surface area contributed by atoms with Gasteiger partial charge in [-0.1, -0.05) is 40.2 Å². The smallest absolute Gasteiger partial charge is 0.223 e. The van der Waals surface area contributed by atoms with Gasteiger partial charge in [0.25, 0.3) is 0 Å². The highest BCUT2D eigenvalue weighted by Crippen LogP contribution is 2.25. The van der Waals surface area contributed by atoms with Crippen LogP contribution < -0.4 is 5.32 Å². The maximum atomic E-state index is 12.2. The largest absolute Gasteiger partial charge is 0.384 e. The molecule has 2 unspecified atom stereocenters. The third-order valence-corrected chi connectivity index (χ3v) is 4.54. The van der Waals surface area contributed by atoms with Crippen LogP contribution in [0.15, 0.2) is 24.3 Å². The number of rotatable bonds is 6.